The summed E-state index contributed by atoms with van der Waals surface area (Å²) >= 11 is 0. The van der Waals surface area contributed by atoms with Crippen molar-refractivity contribution in [2.45, 2.75) is 19.8 Å². The third kappa shape index (κ3) is 9.14. The average molecular weight is 230 g/mol. The molecule has 92 valence electrons. The van der Waals surface area contributed by atoms with E-state index in [2.05, 4.69) is 10.6 Å². The van der Waals surface area contributed by atoms with Crippen molar-refractivity contribution in [3.63, 3.8) is 0 Å². The molecule has 6 nitrogen and oxygen atoms in total. The fourth-order valence-electron chi connectivity index (χ4n) is 0.985. The van der Waals surface area contributed by atoms with E-state index >= 15 is 0 Å². The second-order valence-electron chi connectivity index (χ2n) is 3.32. The standard InChI is InChI=1S/C10H18N2O4/c1-8(13)7-10(15)11-4-3-9(14)12-5-6-16-2/h3-7H2,1-2H3,(H,11,15)(H,12,14). The number of ether oxygens (including phenoxy) is 1. The second kappa shape index (κ2) is 8.84. The smallest absolute Gasteiger partial charge is 0.227 e. The molecule has 0 aliphatic heterocycles. The van der Waals surface area contributed by atoms with Crippen LogP contribution in [0.1, 0.15) is 19.8 Å². The van der Waals surface area contributed by atoms with E-state index in [1.165, 1.54) is 6.92 Å². The third-order valence-electron chi connectivity index (χ3n) is 1.71. The summed E-state index contributed by atoms with van der Waals surface area (Å²) in [5.74, 6) is -0.695. The number of Topliss-reactive ketones (excluding diaryl/α,β-unsaturated/α-hetero) is 1. The lowest BCUT2D eigenvalue weighted by molar-refractivity contribution is -0.127. The lowest BCUT2D eigenvalue weighted by Crippen LogP contribution is -2.32. The molecule has 0 fully saturated rings. The fraction of sp³-hybridized carbons (Fsp3) is 0.700. The topological polar surface area (TPSA) is 84.5 Å². The van der Waals surface area contributed by atoms with Gasteiger partial charge in [0, 0.05) is 26.6 Å². The number of carbonyl (C=O) groups excluding carboxylic acids is 3. The molecule has 0 radical (unpaired) electrons. The minimum Gasteiger partial charge on any atom is -0.383 e. The number of amides is 2. The predicted octanol–water partition coefficient (Wildman–Crippen LogP) is -0.766. The van der Waals surface area contributed by atoms with Crippen molar-refractivity contribution in [1.82, 2.24) is 10.6 Å². The molecule has 0 rings (SSSR count). The van der Waals surface area contributed by atoms with Gasteiger partial charge < -0.3 is 15.4 Å². The highest BCUT2D eigenvalue weighted by Crippen LogP contribution is 1.83. The largest absolute Gasteiger partial charge is 0.383 e. The highest BCUT2D eigenvalue weighted by atomic mass is 16.5. The number of carbonyl (C=O) groups is 3. The van der Waals surface area contributed by atoms with Crippen LogP contribution in [0.5, 0.6) is 0 Å². The maximum atomic E-state index is 11.1. The summed E-state index contributed by atoms with van der Waals surface area (Å²) in [7, 11) is 1.55. The summed E-state index contributed by atoms with van der Waals surface area (Å²) in [6.45, 7) is 2.50. The predicted molar refractivity (Wildman–Crippen MR) is 57.8 cm³/mol. The summed E-state index contributed by atoms with van der Waals surface area (Å²) < 4.78 is 4.76. The molecule has 0 atom stereocenters. The molecule has 0 saturated heterocycles. The maximum absolute atomic E-state index is 11.1. The van der Waals surface area contributed by atoms with Crippen LogP contribution in [0.2, 0.25) is 0 Å². The first-order chi connectivity index (χ1) is 7.56. The van der Waals surface area contributed by atoms with Crippen LogP contribution >= 0.6 is 0 Å². The normalized spacial score (nSPS) is 9.62. The minimum atomic E-state index is -0.350. The maximum Gasteiger partial charge on any atom is 0.227 e. The van der Waals surface area contributed by atoms with Gasteiger partial charge in [-0.3, -0.25) is 14.4 Å². The Morgan fingerprint density at radius 3 is 2.25 bits per heavy atom. The van der Waals surface area contributed by atoms with Crippen LogP contribution in [-0.2, 0) is 19.1 Å². The van der Waals surface area contributed by atoms with Gasteiger partial charge >= 0.3 is 0 Å². The van der Waals surface area contributed by atoms with Crippen LogP contribution in [-0.4, -0.2) is 44.4 Å². The van der Waals surface area contributed by atoms with Crippen molar-refractivity contribution in [2.24, 2.45) is 0 Å². The van der Waals surface area contributed by atoms with Crippen molar-refractivity contribution in [3.05, 3.63) is 0 Å². The molecule has 2 amide bonds. The van der Waals surface area contributed by atoms with Crippen LogP contribution in [0.3, 0.4) is 0 Å². The Labute approximate surface area is 94.7 Å². The van der Waals surface area contributed by atoms with Crippen molar-refractivity contribution in [2.75, 3.05) is 26.8 Å². The molecule has 16 heavy (non-hydrogen) atoms. The number of hydrogen-bond donors (Lipinski definition) is 2. The molecule has 0 bridgehead atoms. The van der Waals surface area contributed by atoms with E-state index in [1.807, 2.05) is 0 Å². The van der Waals surface area contributed by atoms with Crippen LogP contribution in [0.4, 0.5) is 0 Å². The van der Waals surface area contributed by atoms with Gasteiger partial charge in [-0.05, 0) is 6.92 Å². The van der Waals surface area contributed by atoms with Crippen LogP contribution in [0, 0.1) is 0 Å². The summed E-state index contributed by atoms with van der Waals surface area (Å²) in [5.41, 5.74) is 0. The molecule has 0 aromatic heterocycles. The molecular weight excluding hydrogens is 212 g/mol. The van der Waals surface area contributed by atoms with Crippen LogP contribution in [0.25, 0.3) is 0 Å². The summed E-state index contributed by atoms with van der Waals surface area (Å²) in [6, 6.07) is 0. The number of nitrogens with one attached hydrogen (secondary N) is 2. The van der Waals surface area contributed by atoms with Gasteiger partial charge in [0.25, 0.3) is 0 Å². The summed E-state index contributed by atoms with van der Waals surface area (Å²) in [6.07, 6.45) is 0.0681. The number of rotatable bonds is 8. The number of methoxy groups -OCH3 is 1. The van der Waals surface area contributed by atoms with Crippen molar-refractivity contribution < 1.29 is 19.1 Å². The molecule has 6 heteroatoms. The Bertz CT molecular complexity index is 253. The molecule has 0 unspecified atom stereocenters. The van der Waals surface area contributed by atoms with Gasteiger partial charge in [-0.15, -0.1) is 0 Å². The molecule has 0 heterocycles. The second-order valence-corrected chi connectivity index (χ2v) is 3.32. The monoisotopic (exact) mass is 230 g/mol. The van der Waals surface area contributed by atoms with E-state index in [0.29, 0.717) is 13.2 Å². The first-order valence-electron chi connectivity index (χ1n) is 5.08. The third-order valence-corrected chi connectivity index (χ3v) is 1.71. The lowest BCUT2D eigenvalue weighted by Gasteiger charge is -2.05. The van der Waals surface area contributed by atoms with Gasteiger partial charge in [-0.2, -0.15) is 0 Å². The van der Waals surface area contributed by atoms with Crippen LogP contribution in [0.15, 0.2) is 0 Å². The molecular formula is C10H18N2O4. The van der Waals surface area contributed by atoms with E-state index in [0.717, 1.165) is 0 Å². The van der Waals surface area contributed by atoms with Crippen molar-refractivity contribution >= 4 is 17.6 Å². The highest BCUT2D eigenvalue weighted by Gasteiger charge is 2.05. The fourth-order valence-corrected chi connectivity index (χ4v) is 0.985. The lowest BCUT2D eigenvalue weighted by atomic mass is 10.3. The van der Waals surface area contributed by atoms with E-state index in [4.69, 9.17) is 4.74 Å². The molecule has 0 aromatic carbocycles. The van der Waals surface area contributed by atoms with E-state index in [-0.39, 0.29) is 37.0 Å². The quantitative estimate of drug-likeness (QED) is 0.424. The SMILES string of the molecule is COCCNC(=O)CCNC(=O)CC(C)=O. The Balaban J connectivity index is 3.46. The minimum absolute atomic E-state index is 0.134. The Morgan fingerprint density at radius 1 is 1.06 bits per heavy atom. The van der Waals surface area contributed by atoms with Gasteiger partial charge in [0.1, 0.15) is 5.78 Å². The summed E-state index contributed by atoms with van der Waals surface area (Å²) in [4.78, 5) is 32.7. The summed E-state index contributed by atoms with van der Waals surface area (Å²) in [5, 5.41) is 5.10. The number of hydrogen-bond acceptors (Lipinski definition) is 4. The molecule has 0 aliphatic carbocycles. The Hall–Kier alpha value is -1.43. The molecule has 0 spiro atoms. The van der Waals surface area contributed by atoms with Gasteiger partial charge in [0.15, 0.2) is 0 Å². The van der Waals surface area contributed by atoms with Gasteiger partial charge in [-0.1, -0.05) is 0 Å². The molecule has 0 saturated carbocycles. The van der Waals surface area contributed by atoms with Gasteiger partial charge in [0.2, 0.25) is 11.8 Å². The van der Waals surface area contributed by atoms with E-state index in [1.54, 1.807) is 7.11 Å². The zero-order valence-electron chi connectivity index (χ0n) is 9.67. The first kappa shape index (κ1) is 14.6. The Morgan fingerprint density at radius 2 is 1.69 bits per heavy atom. The highest BCUT2D eigenvalue weighted by molar-refractivity contribution is 5.96. The Kier molecular flexibility index (Phi) is 8.05. The van der Waals surface area contributed by atoms with Crippen molar-refractivity contribution in [3.8, 4) is 0 Å². The van der Waals surface area contributed by atoms with Gasteiger partial charge in [-0.25, -0.2) is 0 Å². The number of ketones is 1. The van der Waals surface area contributed by atoms with Crippen LogP contribution < -0.4 is 10.6 Å². The average Bonchev–Trinajstić information content (AvgIpc) is 2.17. The molecule has 0 aliphatic rings. The van der Waals surface area contributed by atoms with E-state index in [9.17, 15) is 14.4 Å². The molecule has 2 N–H and O–H groups in total. The first-order valence-corrected chi connectivity index (χ1v) is 5.08. The molecule has 0 aromatic rings. The van der Waals surface area contributed by atoms with Crippen molar-refractivity contribution in [1.29, 1.82) is 0 Å². The zero-order chi connectivity index (χ0) is 12.4. The van der Waals surface area contributed by atoms with Gasteiger partial charge in [0.05, 0.1) is 13.0 Å². The zero-order valence-corrected chi connectivity index (χ0v) is 9.67. The van der Waals surface area contributed by atoms with E-state index < -0.39 is 0 Å².